The van der Waals surface area contributed by atoms with E-state index in [1.807, 2.05) is 0 Å². The molecule has 21 heavy (non-hydrogen) atoms. The van der Waals surface area contributed by atoms with Crippen LogP contribution < -0.4 is 5.73 Å². The minimum atomic E-state index is 0.377. The molecule has 3 rings (SSSR count). The summed E-state index contributed by atoms with van der Waals surface area (Å²) in [4.78, 5) is 2.55. The SMILES string of the molecule is COCC1CCN(C(CN)c2ccc(C3CC3)cc2)CC1. The third-order valence-electron chi connectivity index (χ3n) is 5.09. The van der Waals surface area contributed by atoms with Crippen LogP contribution in [-0.4, -0.2) is 38.3 Å². The van der Waals surface area contributed by atoms with E-state index in [-0.39, 0.29) is 0 Å². The molecule has 1 heterocycles. The van der Waals surface area contributed by atoms with Crippen molar-refractivity contribution in [1.82, 2.24) is 4.90 Å². The van der Waals surface area contributed by atoms with Crippen LogP contribution in [0.3, 0.4) is 0 Å². The van der Waals surface area contributed by atoms with E-state index in [9.17, 15) is 0 Å². The van der Waals surface area contributed by atoms with E-state index in [1.54, 1.807) is 7.11 Å². The van der Waals surface area contributed by atoms with E-state index in [4.69, 9.17) is 10.5 Å². The van der Waals surface area contributed by atoms with Gasteiger partial charge in [-0.1, -0.05) is 24.3 Å². The summed E-state index contributed by atoms with van der Waals surface area (Å²) in [5.41, 5.74) is 8.96. The molecule has 1 aliphatic carbocycles. The quantitative estimate of drug-likeness (QED) is 0.874. The topological polar surface area (TPSA) is 38.5 Å². The fraction of sp³-hybridized carbons (Fsp3) is 0.667. The average Bonchev–Trinajstić information content (AvgIpc) is 3.36. The van der Waals surface area contributed by atoms with Gasteiger partial charge in [-0.25, -0.2) is 0 Å². The lowest BCUT2D eigenvalue weighted by molar-refractivity contribution is 0.0810. The predicted molar refractivity (Wildman–Crippen MR) is 86.4 cm³/mol. The molecule has 1 aromatic carbocycles. The van der Waals surface area contributed by atoms with Crippen LogP contribution in [0.1, 0.15) is 48.8 Å². The number of nitrogens with zero attached hydrogens (tertiary/aromatic N) is 1. The summed E-state index contributed by atoms with van der Waals surface area (Å²) in [7, 11) is 1.80. The van der Waals surface area contributed by atoms with Crippen LogP contribution in [0.4, 0.5) is 0 Å². The van der Waals surface area contributed by atoms with E-state index in [0.717, 1.165) is 31.5 Å². The lowest BCUT2D eigenvalue weighted by Crippen LogP contribution is -2.40. The summed E-state index contributed by atoms with van der Waals surface area (Å²) in [6.07, 6.45) is 5.19. The summed E-state index contributed by atoms with van der Waals surface area (Å²) in [5, 5.41) is 0. The highest BCUT2D eigenvalue weighted by Crippen LogP contribution is 2.40. The van der Waals surface area contributed by atoms with Crippen LogP contribution in [0, 0.1) is 5.92 Å². The summed E-state index contributed by atoms with van der Waals surface area (Å²) >= 11 is 0. The van der Waals surface area contributed by atoms with Gasteiger partial charge in [-0.3, -0.25) is 4.90 Å². The third-order valence-corrected chi connectivity index (χ3v) is 5.09. The van der Waals surface area contributed by atoms with Gasteiger partial charge in [-0.15, -0.1) is 0 Å². The summed E-state index contributed by atoms with van der Waals surface area (Å²) in [6.45, 7) is 3.88. The van der Waals surface area contributed by atoms with Gasteiger partial charge in [0.1, 0.15) is 0 Å². The van der Waals surface area contributed by atoms with Crippen molar-refractivity contribution in [1.29, 1.82) is 0 Å². The number of hydrogen-bond donors (Lipinski definition) is 1. The Bertz CT molecular complexity index is 433. The molecule has 0 bridgehead atoms. The Morgan fingerprint density at radius 1 is 1.14 bits per heavy atom. The first-order valence-electron chi connectivity index (χ1n) is 8.34. The molecule has 1 atom stereocenters. The van der Waals surface area contributed by atoms with Gasteiger partial charge in [-0.2, -0.15) is 0 Å². The van der Waals surface area contributed by atoms with Gasteiger partial charge in [0.2, 0.25) is 0 Å². The fourth-order valence-corrected chi connectivity index (χ4v) is 3.57. The van der Waals surface area contributed by atoms with Gasteiger partial charge < -0.3 is 10.5 Å². The molecule has 1 aromatic rings. The zero-order valence-corrected chi connectivity index (χ0v) is 13.1. The smallest absolute Gasteiger partial charge is 0.0491 e. The summed E-state index contributed by atoms with van der Waals surface area (Å²) < 4.78 is 5.29. The number of benzene rings is 1. The molecule has 116 valence electrons. The van der Waals surface area contributed by atoms with E-state index in [2.05, 4.69) is 29.2 Å². The first-order chi connectivity index (χ1) is 10.3. The number of ether oxygens (including phenoxy) is 1. The zero-order valence-electron chi connectivity index (χ0n) is 13.1. The van der Waals surface area contributed by atoms with Crippen molar-refractivity contribution in [2.75, 3.05) is 33.4 Å². The lowest BCUT2D eigenvalue weighted by Gasteiger charge is -2.37. The lowest BCUT2D eigenvalue weighted by atomic mass is 9.94. The standard InChI is InChI=1S/C18H28N2O/c1-21-13-14-8-10-20(11-9-14)18(12-19)17-6-4-16(5-7-17)15-2-3-15/h4-7,14-15,18H,2-3,8-13,19H2,1H3. The number of methoxy groups -OCH3 is 1. The second-order valence-corrected chi connectivity index (χ2v) is 6.63. The van der Waals surface area contributed by atoms with Crippen molar-refractivity contribution in [2.45, 2.75) is 37.6 Å². The summed E-state index contributed by atoms with van der Waals surface area (Å²) in [5.74, 6) is 1.56. The Morgan fingerprint density at radius 2 is 1.81 bits per heavy atom. The molecular weight excluding hydrogens is 260 g/mol. The normalized spacial score (nSPS) is 22.4. The van der Waals surface area contributed by atoms with Crippen LogP contribution in [0.25, 0.3) is 0 Å². The highest BCUT2D eigenvalue weighted by molar-refractivity contribution is 5.30. The molecule has 2 N–H and O–H groups in total. The zero-order chi connectivity index (χ0) is 14.7. The maximum atomic E-state index is 6.07. The molecule has 1 unspecified atom stereocenters. The van der Waals surface area contributed by atoms with Gasteiger partial charge in [0, 0.05) is 26.3 Å². The molecule has 1 saturated heterocycles. The van der Waals surface area contributed by atoms with Crippen molar-refractivity contribution in [3.05, 3.63) is 35.4 Å². The number of hydrogen-bond acceptors (Lipinski definition) is 3. The fourth-order valence-electron chi connectivity index (χ4n) is 3.57. The van der Waals surface area contributed by atoms with Crippen molar-refractivity contribution in [2.24, 2.45) is 11.7 Å². The second-order valence-electron chi connectivity index (χ2n) is 6.63. The van der Waals surface area contributed by atoms with Crippen molar-refractivity contribution >= 4 is 0 Å². The highest BCUT2D eigenvalue weighted by atomic mass is 16.5. The summed E-state index contributed by atoms with van der Waals surface area (Å²) in [6, 6.07) is 9.60. The molecule has 0 aromatic heterocycles. The average molecular weight is 288 g/mol. The van der Waals surface area contributed by atoms with E-state index >= 15 is 0 Å². The van der Waals surface area contributed by atoms with Crippen LogP contribution in [0.2, 0.25) is 0 Å². The second kappa shape index (κ2) is 6.91. The Kier molecular flexibility index (Phi) is 4.94. The van der Waals surface area contributed by atoms with Crippen molar-refractivity contribution in [3.63, 3.8) is 0 Å². The Labute approximate surface area is 128 Å². The maximum absolute atomic E-state index is 6.07. The van der Waals surface area contributed by atoms with Crippen molar-refractivity contribution in [3.8, 4) is 0 Å². The number of nitrogens with two attached hydrogens (primary N) is 1. The Morgan fingerprint density at radius 3 is 2.33 bits per heavy atom. The van der Waals surface area contributed by atoms with E-state index in [0.29, 0.717) is 12.6 Å². The maximum Gasteiger partial charge on any atom is 0.0491 e. The van der Waals surface area contributed by atoms with E-state index in [1.165, 1.54) is 36.8 Å². The van der Waals surface area contributed by atoms with Gasteiger partial charge >= 0.3 is 0 Å². The number of piperidine rings is 1. The molecule has 0 spiro atoms. The van der Waals surface area contributed by atoms with Gasteiger partial charge in [-0.05, 0) is 61.7 Å². The molecule has 3 nitrogen and oxygen atoms in total. The van der Waals surface area contributed by atoms with Gasteiger partial charge in [0.15, 0.2) is 0 Å². The number of likely N-dealkylation sites (tertiary alicyclic amines) is 1. The predicted octanol–water partition coefficient (Wildman–Crippen LogP) is 2.92. The van der Waals surface area contributed by atoms with Gasteiger partial charge in [0.25, 0.3) is 0 Å². The Hall–Kier alpha value is -0.900. The minimum absolute atomic E-state index is 0.377. The largest absolute Gasteiger partial charge is 0.384 e. The molecular formula is C18H28N2O. The molecule has 1 saturated carbocycles. The molecule has 0 amide bonds. The molecule has 0 radical (unpaired) electrons. The first kappa shape index (κ1) is 15.0. The van der Waals surface area contributed by atoms with E-state index < -0.39 is 0 Å². The highest BCUT2D eigenvalue weighted by Gasteiger charge is 2.26. The van der Waals surface area contributed by atoms with Crippen LogP contribution in [0.15, 0.2) is 24.3 Å². The monoisotopic (exact) mass is 288 g/mol. The number of rotatable bonds is 6. The van der Waals surface area contributed by atoms with Gasteiger partial charge in [0.05, 0.1) is 0 Å². The molecule has 2 aliphatic rings. The molecule has 2 fully saturated rings. The first-order valence-corrected chi connectivity index (χ1v) is 8.34. The molecule has 1 aliphatic heterocycles. The van der Waals surface area contributed by atoms with Crippen molar-refractivity contribution < 1.29 is 4.74 Å². The third kappa shape index (κ3) is 3.65. The van der Waals surface area contributed by atoms with Crippen LogP contribution >= 0.6 is 0 Å². The molecule has 3 heteroatoms. The van der Waals surface area contributed by atoms with Crippen LogP contribution in [-0.2, 0) is 4.74 Å². The Balaban J connectivity index is 1.61. The van der Waals surface area contributed by atoms with Crippen LogP contribution in [0.5, 0.6) is 0 Å². The minimum Gasteiger partial charge on any atom is -0.384 e.